The molecular formula is C24H25NO2. The quantitative estimate of drug-likeness (QED) is 0.521. The number of benzene rings is 3. The summed E-state index contributed by atoms with van der Waals surface area (Å²) in [6, 6.07) is 21.9. The number of rotatable bonds is 7. The molecule has 0 saturated carbocycles. The van der Waals surface area contributed by atoms with E-state index in [-0.39, 0.29) is 5.91 Å². The maximum absolute atomic E-state index is 13.0. The summed E-state index contributed by atoms with van der Waals surface area (Å²) in [4.78, 5) is 13.0. The molecule has 3 heteroatoms. The number of methoxy groups -OCH3 is 1. The predicted molar refractivity (Wildman–Crippen MR) is 113 cm³/mol. The number of fused-ring (bicyclic) bond motifs is 1. The van der Waals surface area contributed by atoms with Gasteiger partial charge in [0.05, 0.1) is 12.8 Å². The highest BCUT2D eigenvalue weighted by Gasteiger charge is 2.13. The Morgan fingerprint density at radius 3 is 2.56 bits per heavy atom. The molecule has 0 radical (unpaired) electrons. The third-order valence-electron chi connectivity index (χ3n) is 4.60. The van der Waals surface area contributed by atoms with Crippen LogP contribution in [0.1, 0.15) is 31.7 Å². The van der Waals surface area contributed by atoms with Gasteiger partial charge in [0.2, 0.25) is 0 Å². The first-order valence-electron chi connectivity index (χ1n) is 9.35. The van der Waals surface area contributed by atoms with Gasteiger partial charge in [-0.25, -0.2) is 0 Å². The van der Waals surface area contributed by atoms with Gasteiger partial charge in [-0.2, -0.15) is 0 Å². The van der Waals surface area contributed by atoms with E-state index in [0.717, 1.165) is 35.8 Å². The molecule has 3 nitrogen and oxygen atoms in total. The predicted octanol–water partition coefficient (Wildman–Crippen LogP) is 6.06. The van der Waals surface area contributed by atoms with E-state index in [1.165, 1.54) is 5.39 Å². The first-order valence-corrected chi connectivity index (χ1v) is 9.35. The molecule has 3 aromatic carbocycles. The number of anilines is 1. The third kappa shape index (κ3) is 4.56. The van der Waals surface area contributed by atoms with E-state index in [4.69, 9.17) is 4.74 Å². The Labute approximate surface area is 160 Å². The van der Waals surface area contributed by atoms with Gasteiger partial charge in [0.25, 0.3) is 5.91 Å². The Kier molecular flexibility index (Phi) is 6.26. The number of ether oxygens (including phenoxy) is 1. The summed E-state index contributed by atoms with van der Waals surface area (Å²) in [6.07, 6.45) is 4.76. The van der Waals surface area contributed by atoms with Gasteiger partial charge in [-0.1, -0.05) is 67.9 Å². The summed E-state index contributed by atoms with van der Waals surface area (Å²) >= 11 is 0. The summed E-state index contributed by atoms with van der Waals surface area (Å²) in [7, 11) is 1.61. The van der Waals surface area contributed by atoms with Crippen molar-refractivity contribution < 1.29 is 9.53 Å². The lowest BCUT2D eigenvalue weighted by atomic mass is 9.99. The highest BCUT2D eigenvalue weighted by Crippen LogP contribution is 2.26. The first-order chi connectivity index (χ1) is 13.2. The SMILES string of the molecule is CCCC/C(=C/c1cccc2ccccc12)C(=O)Nc1ccccc1OC. The fourth-order valence-electron chi connectivity index (χ4n) is 3.13. The highest BCUT2D eigenvalue weighted by atomic mass is 16.5. The minimum atomic E-state index is -0.0825. The number of carbonyl (C=O) groups excluding carboxylic acids is 1. The van der Waals surface area contributed by atoms with Crippen molar-refractivity contribution in [3.8, 4) is 5.75 Å². The minimum absolute atomic E-state index is 0.0825. The zero-order valence-corrected chi connectivity index (χ0v) is 15.9. The average molecular weight is 359 g/mol. The Hall–Kier alpha value is -3.07. The highest BCUT2D eigenvalue weighted by molar-refractivity contribution is 6.08. The molecule has 138 valence electrons. The fourth-order valence-corrected chi connectivity index (χ4v) is 3.13. The molecule has 1 amide bonds. The standard InChI is InChI=1S/C24H25NO2/c1-3-4-10-20(24(26)25-22-15-7-8-16-23(22)27-2)17-19-13-9-12-18-11-5-6-14-21(18)19/h5-9,11-17H,3-4,10H2,1-2H3,(H,25,26)/b20-17-. The number of nitrogens with one attached hydrogen (secondary N) is 1. The molecule has 0 aliphatic heterocycles. The molecule has 27 heavy (non-hydrogen) atoms. The van der Waals surface area contributed by atoms with E-state index >= 15 is 0 Å². The number of hydrogen-bond donors (Lipinski definition) is 1. The smallest absolute Gasteiger partial charge is 0.251 e. The molecule has 0 bridgehead atoms. The van der Waals surface area contributed by atoms with Gasteiger partial charge in [-0.3, -0.25) is 4.79 Å². The second kappa shape index (κ2) is 9.04. The molecule has 0 aliphatic rings. The Morgan fingerprint density at radius 2 is 1.74 bits per heavy atom. The molecule has 1 N–H and O–H groups in total. The topological polar surface area (TPSA) is 38.3 Å². The van der Waals surface area contributed by atoms with Gasteiger partial charge in [0.1, 0.15) is 5.75 Å². The van der Waals surface area contributed by atoms with Crippen LogP contribution in [0.2, 0.25) is 0 Å². The van der Waals surface area contributed by atoms with Gasteiger partial charge in [-0.15, -0.1) is 0 Å². The fraction of sp³-hybridized carbons (Fsp3) is 0.208. The van der Waals surface area contributed by atoms with Gasteiger partial charge in [0.15, 0.2) is 0 Å². The first kappa shape index (κ1) is 18.7. The van der Waals surface area contributed by atoms with Crippen molar-refractivity contribution in [2.45, 2.75) is 26.2 Å². The van der Waals surface area contributed by atoms with Crippen molar-refractivity contribution >= 4 is 28.4 Å². The Morgan fingerprint density at radius 1 is 1.00 bits per heavy atom. The number of para-hydroxylation sites is 2. The van der Waals surface area contributed by atoms with Crippen LogP contribution < -0.4 is 10.1 Å². The van der Waals surface area contributed by atoms with Crippen molar-refractivity contribution in [2.24, 2.45) is 0 Å². The molecule has 0 spiro atoms. The molecule has 0 aliphatic carbocycles. The summed E-state index contributed by atoms with van der Waals surface area (Å²) in [5.41, 5.74) is 2.53. The van der Waals surface area contributed by atoms with Crippen molar-refractivity contribution in [3.05, 3.63) is 77.9 Å². The Balaban J connectivity index is 1.95. The largest absolute Gasteiger partial charge is 0.495 e. The maximum atomic E-state index is 13.0. The second-order valence-electron chi connectivity index (χ2n) is 6.50. The van der Waals surface area contributed by atoms with Crippen LogP contribution in [0, 0.1) is 0 Å². The van der Waals surface area contributed by atoms with Crippen molar-refractivity contribution in [2.75, 3.05) is 12.4 Å². The van der Waals surface area contributed by atoms with E-state index in [1.54, 1.807) is 7.11 Å². The molecule has 0 unspecified atom stereocenters. The van der Waals surface area contributed by atoms with Gasteiger partial charge >= 0.3 is 0 Å². The van der Waals surface area contributed by atoms with Crippen molar-refractivity contribution in [1.82, 2.24) is 0 Å². The third-order valence-corrected chi connectivity index (χ3v) is 4.60. The monoisotopic (exact) mass is 359 g/mol. The molecule has 0 fully saturated rings. The Bertz CT molecular complexity index is 954. The number of carbonyl (C=O) groups is 1. The van der Waals surface area contributed by atoms with Crippen LogP contribution in [0.25, 0.3) is 16.8 Å². The molecule has 3 aromatic rings. The lowest BCUT2D eigenvalue weighted by Gasteiger charge is -2.12. The van der Waals surface area contributed by atoms with Crippen LogP contribution >= 0.6 is 0 Å². The van der Waals surface area contributed by atoms with Crippen LogP contribution in [0.15, 0.2) is 72.3 Å². The second-order valence-corrected chi connectivity index (χ2v) is 6.50. The van der Waals surface area contributed by atoms with Crippen LogP contribution in [-0.4, -0.2) is 13.0 Å². The van der Waals surface area contributed by atoms with Crippen LogP contribution in [0.4, 0.5) is 5.69 Å². The average Bonchev–Trinajstić information content (AvgIpc) is 2.71. The summed E-state index contributed by atoms with van der Waals surface area (Å²) in [5.74, 6) is 0.576. The minimum Gasteiger partial charge on any atom is -0.495 e. The summed E-state index contributed by atoms with van der Waals surface area (Å²) < 4.78 is 5.35. The van der Waals surface area contributed by atoms with E-state index in [2.05, 4.69) is 36.5 Å². The number of unbranched alkanes of at least 4 members (excludes halogenated alkanes) is 1. The van der Waals surface area contributed by atoms with Gasteiger partial charge in [-0.05, 0) is 47.4 Å². The van der Waals surface area contributed by atoms with Crippen LogP contribution in [0.3, 0.4) is 0 Å². The van der Waals surface area contributed by atoms with Gasteiger partial charge in [0, 0.05) is 5.57 Å². The molecule has 3 rings (SSSR count). The zero-order chi connectivity index (χ0) is 19.1. The summed E-state index contributed by atoms with van der Waals surface area (Å²) in [6.45, 7) is 2.13. The normalized spacial score (nSPS) is 11.4. The molecule has 0 aromatic heterocycles. The number of amides is 1. The zero-order valence-electron chi connectivity index (χ0n) is 15.9. The van der Waals surface area contributed by atoms with Crippen LogP contribution in [0.5, 0.6) is 5.75 Å². The van der Waals surface area contributed by atoms with Crippen molar-refractivity contribution in [1.29, 1.82) is 0 Å². The molecule has 0 saturated heterocycles. The molecular weight excluding hydrogens is 334 g/mol. The maximum Gasteiger partial charge on any atom is 0.251 e. The van der Waals surface area contributed by atoms with Gasteiger partial charge < -0.3 is 10.1 Å². The van der Waals surface area contributed by atoms with E-state index < -0.39 is 0 Å². The van der Waals surface area contributed by atoms with Crippen LogP contribution in [-0.2, 0) is 4.79 Å². The van der Waals surface area contributed by atoms with E-state index in [9.17, 15) is 4.79 Å². The van der Waals surface area contributed by atoms with Crippen molar-refractivity contribution in [3.63, 3.8) is 0 Å². The molecule has 0 atom stereocenters. The molecule has 0 heterocycles. The lowest BCUT2D eigenvalue weighted by molar-refractivity contribution is -0.112. The summed E-state index contributed by atoms with van der Waals surface area (Å²) in [5, 5.41) is 5.33. The lowest BCUT2D eigenvalue weighted by Crippen LogP contribution is -2.15. The van der Waals surface area contributed by atoms with E-state index in [0.29, 0.717) is 11.4 Å². The van der Waals surface area contributed by atoms with E-state index in [1.807, 2.05) is 48.5 Å². The number of hydrogen-bond acceptors (Lipinski definition) is 2.